The van der Waals surface area contributed by atoms with E-state index in [-0.39, 0.29) is 23.0 Å². The number of nitrogens with one attached hydrogen (secondary N) is 1. The molecule has 0 spiro atoms. The number of nitrogens with zero attached hydrogens (tertiary/aromatic N) is 7. The van der Waals surface area contributed by atoms with Gasteiger partial charge in [-0.05, 0) is 31.4 Å². The van der Waals surface area contributed by atoms with Crippen LogP contribution in [-0.4, -0.2) is 47.6 Å². The van der Waals surface area contributed by atoms with Crippen LogP contribution in [0.3, 0.4) is 0 Å². The zero-order valence-corrected chi connectivity index (χ0v) is 15.9. The Bertz CT molecular complexity index is 1230. The molecule has 0 unspecified atom stereocenters. The fourth-order valence-corrected chi connectivity index (χ4v) is 3.59. The summed E-state index contributed by atoms with van der Waals surface area (Å²) in [7, 11) is 0. The summed E-state index contributed by atoms with van der Waals surface area (Å²) >= 11 is 0. The summed E-state index contributed by atoms with van der Waals surface area (Å²) in [5.74, 6) is 0.173. The molecule has 4 aromatic rings. The molecule has 5 rings (SSSR count). The second-order valence-corrected chi connectivity index (χ2v) is 7.12. The number of alkyl halides is 3. The van der Waals surface area contributed by atoms with Gasteiger partial charge in [0.05, 0.1) is 23.3 Å². The van der Waals surface area contributed by atoms with Crippen molar-refractivity contribution in [2.24, 2.45) is 0 Å². The third-order valence-corrected chi connectivity index (χ3v) is 5.12. The molecule has 1 saturated heterocycles. The van der Waals surface area contributed by atoms with Gasteiger partial charge in [-0.1, -0.05) is 0 Å². The number of pyridine rings is 1. The Kier molecular flexibility index (Phi) is 4.31. The first-order chi connectivity index (χ1) is 14.4. The van der Waals surface area contributed by atoms with Crippen LogP contribution in [0.15, 0.2) is 24.8 Å². The van der Waals surface area contributed by atoms with Crippen molar-refractivity contribution >= 4 is 28.3 Å². The third-order valence-electron chi connectivity index (χ3n) is 5.12. The number of halogens is 3. The Morgan fingerprint density at radius 2 is 2.00 bits per heavy atom. The van der Waals surface area contributed by atoms with Crippen LogP contribution in [0.1, 0.15) is 30.1 Å². The molecule has 12 heteroatoms. The van der Waals surface area contributed by atoms with Gasteiger partial charge in [-0.3, -0.25) is 0 Å². The Balaban J connectivity index is 1.58. The van der Waals surface area contributed by atoms with Crippen molar-refractivity contribution in [2.45, 2.75) is 32.0 Å². The highest BCUT2D eigenvalue weighted by molar-refractivity contribution is 5.79. The van der Waals surface area contributed by atoms with Crippen LogP contribution in [0, 0.1) is 6.92 Å². The SMILES string of the molecule is Cc1cc2ncnn2cc1Nc1ncc2c(C(F)(F)F)nn(C3CCOCC3)c2n1. The summed E-state index contributed by atoms with van der Waals surface area (Å²) in [6.07, 6.45) is 0.877. The lowest BCUT2D eigenvalue weighted by Crippen LogP contribution is -2.21. The number of aryl methyl sites for hydroxylation is 1. The highest BCUT2D eigenvalue weighted by Crippen LogP contribution is 2.36. The molecule has 156 valence electrons. The first-order valence-electron chi connectivity index (χ1n) is 9.37. The van der Waals surface area contributed by atoms with Gasteiger partial charge in [0.15, 0.2) is 17.0 Å². The average Bonchev–Trinajstić information content (AvgIpc) is 3.32. The predicted molar refractivity (Wildman–Crippen MR) is 100 cm³/mol. The minimum Gasteiger partial charge on any atom is -0.381 e. The van der Waals surface area contributed by atoms with Crippen molar-refractivity contribution in [2.75, 3.05) is 18.5 Å². The number of hydrogen-bond acceptors (Lipinski definition) is 7. The highest BCUT2D eigenvalue weighted by Gasteiger charge is 2.38. The van der Waals surface area contributed by atoms with E-state index < -0.39 is 11.9 Å². The molecule has 9 nitrogen and oxygen atoms in total. The molecule has 0 aliphatic carbocycles. The van der Waals surface area contributed by atoms with E-state index in [1.54, 1.807) is 10.7 Å². The van der Waals surface area contributed by atoms with E-state index in [1.165, 1.54) is 17.2 Å². The van der Waals surface area contributed by atoms with Crippen LogP contribution in [0.4, 0.5) is 24.8 Å². The molecule has 0 saturated carbocycles. The van der Waals surface area contributed by atoms with Gasteiger partial charge in [0.1, 0.15) is 6.33 Å². The van der Waals surface area contributed by atoms with Crippen LogP contribution in [-0.2, 0) is 10.9 Å². The summed E-state index contributed by atoms with van der Waals surface area (Å²) in [5, 5.41) is 10.9. The van der Waals surface area contributed by atoms with Gasteiger partial charge in [-0.25, -0.2) is 19.2 Å². The number of ether oxygens (including phenoxy) is 1. The van der Waals surface area contributed by atoms with Crippen molar-refractivity contribution in [3.8, 4) is 0 Å². The lowest BCUT2D eigenvalue weighted by atomic mass is 10.1. The van der Waals surface area contributed by atoms with Gasteiger partial charge in [0.25, 0.3) is 0 Å². The first kappa shape index (κ1) is 18.7. The second-order valence-electron chi connectivity index (χ2n) is 7.12. The van der Waals surface area contributed by atoms with Crippen molar-refractivity contribution in [3.63, 3.8) is 0 Å². The topological polar surface area (TPSA) is 95.1 Å². The largest absolute Gasteiger partial charge is 0.435 e. The molecule has 0 amide bonds. The molecule has 1 fully saturated rings. The minimum absolute atomic E-state index is 0.122. The minimum atomic E-state index is -4.60. The van der Waals surface area contributed by atoms with Crippen LogP contribution < -0.4 is 5.32 Å². The quantitative estimate of drug-likeness (QED) is 0.545. The number of anilines is 2. The number of hydrogen-bond donors (Lipinski definition) is 1. The maximum absolute atomic E-state index is 13.5. The van der Waals surface area contributed by atoms with Crippen molar-refractivity contribution in [3.05, 3.63) is 36.0 Å². The lowest BCUT2D eigenvalue weighted by molar-refractivity contribution is -0.140. The van der Waals surface area contributed by atoms with Gasteiger partial charge >= 0.3 is 6.18 Å². The van der Waals surface area contributed by atoms with E-state index in [0.717, 1.165) is 5.56 Å². The standard InChI is InChI=1S/C18H17F3N8O/c1-10-6-14-23-9-24-28(14)8-13(10)25-17-22-7-12-15(18(19,20)21)27-29(16(12)26-17)11-2-4-30-5-3-11/h6-9,11H,2-5H2,1H3,(H,22,25,26). The summed E-state index contributed by atoms with van der Waals surface area (Å²) in [6.45, 7) is 2.82. The second kappa shape index (κ2) is 6.90. The van der Waals surface area contributed by atoms with Gasteiger partial charge < -0.3 is 10.1 Å². The van der Waals surface area contributed by atoms with Crippen LogP contribution in [0.2, 0.25) is 0 Å². The predicted octanol–water partition coefficient (Wildman–Crippen LogP) is 3.29. The van der Waals surface area contributed by atoms with Crippen molar-refractivity contribution < 1.29 is 17.9 Å². The van der Waals surface area contributed by atoms with E-state index >= 15 is 0 Å². The normalized spacial score (nSPS) is 15.9. The Morgan fingerprint density at radius 1 is 1.20 bits per heavy atom. The fraction of sp³-hybridized carbons (Fsp3) is 0.389. The maximum Gasteiger partial charge on any atom is 0.435 e. The summed E-state index contributed by atoms with van der Waals surface area (Å²) in [4.78, 5) is 12.6. The summed E-state index contributed by atoms with van der Waals surface area (Å²) in [6, 6.07) is 1.62. The van der Waals surface area contributed by atoms with Crippen molar-refractivity contribution in [1.29, 1.82) is 0 Å². The fourth-order valence-electron chi connectivity index (χ4n) is 3.59. The molecule has 1 aliphatic heterocycles. The zero-order chi connectivity index (χ0) is 20.9. The Morgan fingerprint density at radius 3 is 2.77 bits per heavy atom. The lowest BCUT2D eigenvalue weighted by Gasteiger charge is -2.22. The Hall–Kier alpha value is -3.28. The molecule has 1 aliphatic rings. The highest BCUT2D eigenvalue weighted by atomic mass is 19.4. The molecule has 0 bridgehead atoms. The van der Waals surface area contributed by atoms with Crippen LogP contribution >= 0.6 is 0 Å². The molecule has 0 atom stereocenters. The molecule has 0 aromatic carbocycles. The number of fused-ring (bicyclic) bond motifs is 2. The van der Waals surface area contributed by atoms with Gasteiger partial charge in [-0.15, -0.1) is 0 Å². The first-order valence-corrected chi connectivity index (χ1v) is 9.37. The molecule has 1 N–H and O–H groups in total. The van der Waals surface area contributed by atoms with Gasteiger partial charge in [0, 0.05) is 19.4 Å². The van der Waals surface area contributed by atoms with Gasteiger partial charge in [0.2, 0.25) is 5.95 Å². The van der Waals surface area contributed by atoms with E-state index in [4.69, 9.17) is 4.74 Å². The molecule has 30 heavy (non-hydrogen) atoms. The van der Waals surface area contributed by atoms with Crippen molar-refractivity contribution in [1.82, 2.24) is 34.3 Å². The Labute approximate surface area is 167 Å². The van der Waals surface area contributed by atoms with E-state index in [9.17, 15) is 13.2 Å². The molecular weight excluding hydrogens is 401 g/mol. The van der Waals surface area contributed by atoms with E-state index in [0.29, 0.717) is 37.4 Å². The number of rotatable bonds is 3. The number of aromatic nitrogens is 7. The van der Waals surface area contributed by atoms with E-state index in [1.807, 2.05) is 13.0 Å². The maximum atomic E-state index is 13.5. The average molecular weight is 418 g/mol. The van der Waals surface area contributed by atoms with Crippen LogP contribution in [0.25, 0.3) is 16.7 Å². The molecular formula is C18H17F3N8O. The summed E-state index contributed by atoms with van der Waals surface area (Å²) < 4.78 is 48.9. The summed E-state index contributed by atoms with van der Waals surface area (Å²) in [5.41, 5.74) is 1.39. The third kappa shape index (κ3) is 3.22. The van der Waals surface area contributed by atoms with E-state index in [2.05, 4.69) is 30.5 Å². The molecule has 5 heterocycles. The molecule has 0 radical (unpaired) electrons. The monoisotopic (exact) mass is 418 g/mol. The molecule has 4 aromatic heterocycles. The zero-order valence-electron chi connectivity index (χ0n) is 15.9. The van der Waals surface area contributed by atoms with Gasteiger partial charge in [-0.2, -0.15) is 28.4 Å². The smallest absolute Gasteiger partial charge is 0.381 e. The van der Waals surface area contributed by atoms with Crippen LogP contribution in [0.5, 0.6) is 0 Å².